The molecule has 1 aromatic rings. The van der Waals surface area contributed by atoms with Crippen LogP contribution in [-0.2, 0) is 12.8 Å². The van der Waals surface area contributed by atoms with Gasteiger partial charge in [0.2, 0.25) is 0 Å². The predicted molar refractivity (Wildman–Crippen MR) is 62.5 cm³/mol. The summed E-state index contributed by atoms with van der Waals surface area (Å²) in [6.45, 7) is 4.40. The Balaban J connectivity index is 2.56. The fraction of sp³-hybridized carbons (Fsp3) is 0.500. The van der Waals surface area contributed by atoms with Gasteiger partial charge in [0, 0.05) is 4.83 Å². The summed E-state index contributed by atoms with van der Waals surface area (Å²) in [7, 11) is 0. The summed E-state index contributed by atoms with van der Waals surface area (Å²) in [6, 6.07) is 8.89. The molecule has 0 heterocycles. The Morgan fingerprint density at radius 1 is 1.31 bits per heavy atom. The standard InChI is InChI=1S/C12H17Br/c1-3-11-5-4-6-12(9-11)8-7-10(2)13/h4-6,9-10H,3,7-8H2,1-2H3. The van der Waals surface area contributed by atoms with E-state index in [1.165, 1.54) is 24.0 Å². The summed E-state index contributed by atoms with van der Waals surface area (Å²) >= 11 is 3.57. The smallest absolute Gasteiger partial charge is 0.0120 e. The fourth-order valence-electron chi connectivity index (χ4n) is 1.37. The number of alkyl halides is 1. The van der Waals surface area contributed by atoms with Gasteiger partial charge in [0.05, 0.1) is 0 Å². The van der Waals surface area contributed by atoms with Gasteiger partial charge in [-0.05, 0) is 30.4 Å². The topological polar surface area (TPSA) is 0 Å². The zero-order chi connectivity index (χ0) is 9.68. The van der Waals surface area contributed by atoms with Gasteiger partial charge in [0.1, 0.15) is 0 Å². The van der Waals surface area contributed by atoms with E-state index in [1.54, 1.807) is 0 Å². The van der Waals surface area contributed by atoms with E-state index in [0.29, 0.717) is 4.83 Å². The van der Waals surface area contributed by atoms with Crippen molar-refractivity contribution in [2.45, 2.75) is 37.9 Å². The van der Waals surface area contributed by atoms with Gasteiger partial charge in [0.25, 0.3) is 0 Å². The molecule has 1 atom stereocenters. The number of halogens is 1. The highest BCUT2D eigenvalue weighted by Crippen LogP contribution is 2.12. The molecule has 0 aliphatic carbocycles. The van der Waals surface area contributed by atoms with Gasteiger partial charge in [0.15, 0.2) is 0 Å². The van der Waals surface area contributed by atoms with E-state index in [9.17, 15) is 0 Å². The Kier molecular flexibility index (Phi) is 4.51. The average molecular weight is 241 g/mol. The van der Waals surface area contributed by atoms with Gasteiger partial charge in [-0.25, -0.2) is 0 Å². The lowest BCUT2D eigenvalue weighted by Crippen LogP contribution is -1.94. The average Bonchev–Trinajstić information content (AvgIpc) is 2.15. The van der Waals surface area contributed by atoms with E-state index in [0.717, 1.165) is 6.42 Å². The minimum atomic E-state index is 0.623. The second-order valence-electron chi connectivity index (χ2n) is 3.49. The van der Waals surface area contributed by atoms with Crippen molar-refractivity contribution in [2.75, 3.05) is 0 Å². The molecule has 0 spiro atoms. The molecule has 0 aliphatic heterocycles. The summed E-state index contributed by atoms with van der Waals surface area (Å²) in [4.78, 5) is 0.623. The van der Waals surface area contributed by atoms with Crippen molar-refractivity contribution in [3.8, 4) is 0 Å². The van der Waals surface area contributed by atoms with Gasteiger partial charge in [-0.1, -0.05) is 54.0 Å². The molecule has 0 aromatic heterocycles. The first-order chi connectivity index (χ1) is 6.22. The molecule has 1 unspecified atom stereocenters. The van der Waals surface area contributed by atoms with E-state index < -0.39 is 0 Å². The lowest BCUT2D eigenvalue weighted by atomic mass is 10.0. The van der Waals surface area contributed by atoms with Gasteiger partial charge >= 0.3 is 0 Å². The number of aryl methyl sites for hydroxylation is 2. The van der Waals surface area contributed by atoms with Crippen LogP contribution in [0, 0.1) is 0 Å². The lowest BCUT2D eigenvalue weighted by Gasteiger charge is -2.04. The third-order valence-corrected chi connectivity index (χ3v) is 2.69. The monoisotopic (exact) mass is 240 g/mol. The molecule has 1 aromatic carbocycles. The summed E-state index contributed by atoms with van der Waals surface area (Å²) in [5.74, 6) is 0. The highest BCUT2D eigenvalue weighted by Gasteiger charge is 1.98. The van der Waals surface area contributed by atoms with E-state index in [4.69, 9.17) is 0 Å². The molecule has 0 fully saturated rings. The minimum absolute atomic E-state index is 0.623. The molecule has 0 radical (unpaired) electrons. The fourth-order valence-corrected chi connectivity index (χ4v) is 1.60. The van der Waals surface area contributed by atoms with Crippen LogP contribution in [0.25, 0.3) is 0 Å². The van der Waals surface area contributed by atoms with Crippen LogP contribution >= 0.6 is 15.9 Å². The van der Waals surface area contributed by atoms with Crippen molar-refractivity contribution < 1.29 is 0 Å². The van der Waals surface area contributed by atoms with Crippen LogP contribution in [0.15, 0.2) is 24.3 Å². The van der Waals surface area contributed by atoms with E-state index in [1.807, 2.05) is 0 Å². The third-order valence-electron chi connectivity index (χ3n) is 2.23. The number of rotatable bonds is 4. The second-order valence-corrected chi connectivity index (χ2v) is 5.06. The van der Waals surface area contributed by atoms with Crippen molar-refractivity contribution in [3.63, 3.8) is 0 Å². The van der Waals surface area contributed by atoms with Crippen LogP contribution in [-0.4, -0.2) is 4.83 Å². The molecule has 0 saturated carbocycles. The molecule has 72 valence electrons. The van der Waals surface area contributed by atoms with Crippen molar-refractivity contribution in [1.82, 2.24) is 0 Å². The maximum absolute atomic E-state index is 3.57. The van der Waals surface area contributed by atoms with Gasteiger partial charge < -0.3 is 0 Å². The zero-order valence-corrected chi connectivity index (χ0v) is 9.97. The van der Waals surface area contributed by atoms with Crippen molar-refractivity contribution in [1.29, 1.82) is 0 Å². The molecule has 1 heteroatoms. The predicted octanol–water partition coefficient (Wildman–Crippen LogP) is 3.97. The first-order valence-electron chi connectivity index (χ1n) is 4.94. The van der Waals surface area contributed by atoms with Gasteiger partial charge in [-0.3, -0.25) is 0 Å². The van der Waals surface area contributed by atoms with E-state index in [-0.39, 0.29) is 0 Å². The minimum Gasteiger partial charge on any atom is -0.0894 e. The highest BCUT2D eigenvalue weighted by molar-refractivity contribution is 9.09. The molecule has 1 rings (SSSR count). The molecular formula is C12H17Br. The Labute approximate surface area is 89.5 Å². The first kappa shape index (κ1) is 10.8. The van der Waals surface area contributed by atoms with Crippen LogP contribution in [0.5, 0.6) is 0 Å². The van der Waals surface area contributed by atoms with Crippen molar-refractivity contribution in [2.24, 2.45) is 0 Å². The first-order valence-corrected chi connectivity index (χ1v) is 5.86. The maximum atomic E-state index is 3.57. The molecule has 0 nitrogen and oxygen atoms in total. The van der Waals surface area contributed by atoms with E-state index >= 15 is 0 Å². The largest absolute Gasteiger partial charge is 0.0894 e. The summed E-state index contributed by atoms with van der Waals surface area (Å²) in [5.41, 5.74) is 2.91. The molecule has 0 amide bonds. The van der Waals surface area contributed by atoms with Gasteiger partial charge in [-0.15, -0.1) is 0 Å². The van der Waals surface area contributed by atoms with Gasteiger partial charge in [-0.2, -0.15) is 0 Å². The van der Waals surface area contributed by atoms with E-state index in [2.05, 4.69) is 54.0 Å². The molecule has 0 bridgehead atoms. The Morgan fingerprint density at radius 2 is 2.00 bits per heavy atom. The van der Waals surface area contributed by atoms with Crippen LogP contribution in [0.1, 0.15) is 31.4 Å². The van der Waals surface area contributed by atoms with Crippen LogP contribution in [0.2, 0.25) is 0 Å². The Morgan fingerprint density at radius 3 is 2.62 bits per heavy atom. The number of hydrogen-bond acceptors (Lipinski definition) is 0. The molecule has 0 N–H and O–H groups in total. The number of hydrogen-bond donors (Lipinski definition) is 0. The quantitative estimate of drug-likeness (QED) is 0.700. The lowest BCUT2D eigenvalue weighted by molar-refractivity contribution is 0.820. The summed E-state index contributed by atoms with van der Waals surface area (Å²) < 4.78 is 0. The summed E-state index contributed by atoms with van der Waals surface area (Å²) in [6.07, 6.45) is 3.53. The van der Waals surface area contributed by atoms with Crippen molar-refractivity contribution >= 4 is 15.9 Å². The summed E-state index contributed by atoms with van der Waals surface area (Å²) in [5, 5.41) is 0. The highest BCUT2D eigenvalue weighted by atomic mass is 79.9. The van der Waals surface area contributed by atoms with Crippen LogP contribution in [0.3, 0.4) is 0 Å². The molecule has 0 saturated heterocycles. The van der Waals surface area contributed by atoms with Crippen LogP contribution < -0.4 is 0 Å². The number of benzene rings is 1. The second kappa shape index (κ2) is 5.43. The van der Waals surface area contributed by atoms with Crippen LogP contribution in [0.4, 0.5) is 0 Å². The Bertz CT molecular complexity index is 253. The third kappa shape index (κ3) is 3.95. The SMILES string of the molecule is CCc1cccc(CCC(C)Br)c1. The normalized spacial score (nSPS) is 12.8. The zero-order valence-electron chi connectivity index (χ0n) is 8.39. The Hall–Kier alpha value is -0.300. The maximum Gasteiger partial charge on any atom is 0.0120 e. The molecule has 13 heavy (non-hydrogen) atoms. The molecule has 0 aliphatic rings. The van der Waals surface area contributed by atoms with Crippen molar-refractivity contribution in [3.05, 3.63) is 35.4 Å². The molecular weight excluding hydrogens is 224 g/mol.